The summed E-state index contributed by atoms with van der Waals surface area (Å²) in [7, 11) is 0. The lowest BCUT2D eigenvalue weighted by atomic mass is 9.93. The molecule has 1 aliphatic rings. The Balaban J connectivity index is 2.09. The fourth-order valence-corrected chi connectivity index (χ4v) is 2.51. The SMILES string of the molecule is O[C@H]1CC[C@@H](Nc2ccc(Cl)c(C(F)(F)F)c2)CC1. The number of rotatable bonds is 2. The quantitative estimate of drug-likeness (QED) is 0.861. The van der Waals surface area contributed by atoms with E-state index in [1.54, 1.807) is 6.07 Å². The number of alkyl halides is 3. The summed E-state index contributed by atoms with van der Waals surface area (Å²) in [6, 6.07) is 3.94. The fourth-order valence-electron chi connectivity index (χ4n) is 2.29. The molecule has 2 N–H and O–H groups in total. The minimum absolute atomic E-state index is 0.102. The summed E-state index contributed by atoms with van der Waals surface area (Å²) in [6.45, 7) is 0. The van der Waals surface area contributed by atoms with E-state index in [0.717, 1.165) is 18.9 Å². The molecule has 0 heterocycles. The maximum absolute atomic E-state index is 12.7. The summed E-state index contributed by atoms with van der Waals surface area (Å²) in [5.74, 6) is 0. The summed E-state index contributed by atoms with van der Waals surface area (Å²) in [6.07, 6.45) is -1.86. The van der Waals surface area contributed by atoms with E-state index in [4.69, 9.17) is 11.6 Å². The largest absolute Gasteiger partial charge is 0.417 e. The van der Waals surface area contributed by atoms with Crippen molar-refractivity contribution in [2.45, 2.75) is 44.0 Å². The monoisotopic (exact) mass is 293 g/mol. The maximum Gasteiger partial charge on any atom is 0.417 e. The van der Waals surface area contributed by atoms with Gasteiger partial charge in [-0.1, -0.05) is 11.6 Å². The molecule has 0 spiro atoms. The van der Waals surface area contributed by atoms with Crippen LogP contribution < -0.4 is 5.32 Å². The van der Waals surface area contributed by atoms with Gasteiger partial charge in [0.1, 0.15) is 0 Å². The Morgan fingerprint density at radius 3 is 2.37 bits per heavy atom. The Morgan fingerprint density at radius 1 is 1.16 bits per heavy atom. The average Bonchev–Trinajstić information content (AvgIpc) is 2.33. The predicted octanol–water partition coefficient (Wildman–Crippen LogP) is 4.07. The molecule has 0 atom stereocenters. The maximum atomic E-state index is 12.7. The molecule has 0 aliphatic heterocycles. The van der Waals surface area contributed by atoms with Gasteiger partial charge in [0.2, 0.25) is 0 Å². The predicted molar refractivity (Wildman–Crippen MR) is 68.3 cm³/mol. The lowest BCUT2D eigenvalue weighted by Gasteiger charge is -2.27. The number of aliphatic hydroxyl groups excluding tert-OH is 1. The van der Waals surface area contributed by atoms with Crippen LogP contribution in [0.4, 0.5) is 18.9 Å². The van der Waals surface area contributed by atoms with Crippen molar-refractivity contribution in [3.05, 3.63) is 28.8 Å². The molecule has 0 unspecified atom stereocenters. The average molecular weight is 294 g/mol. The normalized spacial score (nSPS) is 24.3. The minimum atomic E-state index is -4.45. The Morgan fingerprint density at radius 2 is 1.79 bits per heavy atom. The smallest absolute Gasteiger partial charge is 0.393 e. The lowest BCUT2D eigenvalue weighted by Crippen LogP contribution is -2.28. The van der Waals surface area contributed by atoms with Gasteiger partial charge in [-0.25, -0.2) is 0 Å². The van der Waals surface area contributed by atoms with E-state index in [9.17, 15) is 18.3 Å². The molecule has 0 aromatic heterocycles. The Hall–Kier alpha value is -0.940. The topological polar surface area (TPSA) is 32.3 Å². The van der Waals surface area contributed by atoms with Gasteiger partial charge in [-0.2, -0.15) is 13.2 Å². The summed E-state index contributed by atoms with van der Waals surface area (Å²) in [4.78, 5) is 0. The van der Waals surface area contributed by atoms with Crippen LogP contribution in [0.1, 0.15) is 31.2 Å². The van der Waals surface area contributed by atoms with E-state index < -0.39 is 11.7 Å². The molecule has 0 saturated heterocycles. The lowest BCUT2D eigenvalue weighted by molar-refractivity contribution is -0.137. The molecule has 6 heteroatoms. The number of anilines is 1. The van der Waals surface area contributed by atoms with Crippen LogP contribution in [0.15, 0.2) is 18.2 Å². The van der Waals surface area contributed by atoms with Crippen LogP contribution in [-0.2, 0) is 6.18 Å². The number of benzene rings is 1. The highest BCUT2D eigenvalue weighted by Gasteiger charge is 2.33. The zero-order valence-electron chi connectivity index (χ0n) is 10.2. The Kier molecular flexibility index (Phi) is 4.26. The molecule has 106 valence electrons. The highest BCUT2D eigenvalue weighted by atomic mass is 35.5. The van der Waals surface area contributed by atoms with Crippen molar-refractivity contribution in [1.82, 2.24) is 0 Å². The van der Waals surface area contributed by atoms with Crippen molar-refractivity contribution in [3.8, 4) is 0 Å². The summed E-state index contributed by atoms with van der Waals surface area (Å²) < 4.78 is 38.1. The second-order valence-corrected chi connectivity index (χ2v) is 5.25. The Bertz CT molecular complexity index is 442. The van der Waals surface area contributed by atoms with Crippen molar-refractivity contribution in [1.29, 1.82) is 0 Å². The van der Waals surface area contributed by atoms with E-state index >= 15 is 0 Å². The fraction of sp³-hybridized carbons (Fsp3) is 0.538. The second kappa shape index (κ2) is 5.59. The van der Waals surface area contributed by atoms with Gasteiger partial charge in [0.25, 0.3) is 0 Å². The van der Waals surface area contributed by atoms with Gasteiger partial charge >= 0.3 is 6.18 Å². The molecule has 0 radical (unpaired) electrons. The van der Waals surface area contributed by atoms with Crippen LogP contribution in [0.5, 0.6) is 0 Å². The third kappa shape index (κ3) is 3.76. The molecule has 19 heavy (non-hydrogen) atoms. The molecule has 1 saturated carbocycles. The first-order valence-corrected chi connectivity index (χ1v) is 6.55. The van der Waals surface area contributed by atoms with Crippen LogP contribution in [0.2, 0.25) is 5.02 Å². The zero-order chi connectivity index (χ0) is 14.0. The summed E-state index contributed by atoms with van der Waals surface area (Å²) in [5.41, 5.74) is -0.409. The van der Waals surface area contributed by atoms with E-state index in [-0.39, 0.29) is 17.2 Å². The van der Waals surface area contributed by atoms with Gasteiger partial charge in [0.15, 0.2) is 0 Å². The van der Waals surface area contributed by atoms with E-state index in [1.807, 2.05) is 0 Å². The van der Waals surface area contributed by atoms with Crippen molar-refractivity contribution in [2.75, 3.05) is 5.32 Å². The third-order valence-corrected chi connectivity index (χ3v) is 3.67. The molecule has 0 bridgehead atoms. The molecule has 0 amide bonds. The molecule has 1 aliphatic carbocycles. The van der Waals surface area contributed by atoms with Gasteiger partial charge in [-0.15, -0.1) is 0 Å². The first-order valence-electron chi connectivity index (χ1n) is 6.17. The third-order valence-electron chi connectivity index (χ3n) is 3.34. The standard InChI is InChI=1S/C13H15ClF3NO/c14-12-6-3-9(7-11(12)13(15,16)17)18-8-1-4-10(19)5-2-8/h3,6-8,10,18-19H,1-2,4-5H2/t8-,10+. The second-order valence-electron chi connectivity index (χ2n) is 4.84. The number of nitrogens with one attached hydrogen (secondary N) is 1. The first kappa shape index (κ1) is 14.5. The van der Waals surface area contributed by atoms with E-state index in [2.05, 4.69) is 5.32 Å². The van der Waals surface area contributed by atoms with Crippen molar-refractivity contribution >= 4 is 17.3 Å². The summed E-state index contributed by atoms with van der Waals surface area (Å²) >= 11 is 5.56. The van der Waals surface area contributed by atoms with Crippen LogP contribution in [0, 0.1) is 0 Å². The van der Waals surface area contributed by atoms with Crippen LogP contribution in [0.25, 0.3) is 0 Å². The molecule has 1 fully saturated rings. The highest BCUT2D eigenvalue weighted by Crippen LogP contribution is 2.36. The Labute approximate surface area is 114 Å². The van der Waals surface area contributed by atoms with Crippen LogP contribution >= 0.6 is 11.6 Å². The van der Waals surface area contributed by atoms with E-state index in [1.165, 1.54) is 6.07 Å². The number of halogens is 4. The van der Waals surface area contributed by atoms with Gasteiger partial charge in [0, 0.05) is 11.7 Å². The van der Waals surface area contributed by atoms with Crippen LogP contribution in [0.3, 0.4) is 0 Å². The highest BCUT2D eigenvalue weighted by molar-refractivity contribution is 6.31. The number of hydrogen-bond donors (Lipinski definition) is 2. The van der Waals surface area contributed by atoms with E-state index in [0.29, 0.717) is 18.5 Å². The van der Waals surface area contributed by atoms with Gasteiger partial charge in [-0.3, -0.25) is 0 Å². The van der Waals surface area contributed by atoms with Gasteiger partial charge in [0.05, 0.1) is 16.7 Å². The number of hydrogen-bond acceptors (Lipinski definition) is 2. The van der Waals surface area contributed by atoms with Crippen LogP contribution in [-0.4, -0.2) is 17.3 Å². The van der Waals surface area contributed by atoms with Crippen molar-refractivity contribution in [2.24, 2.45) is 0 Å². The number of aliphatic hydroxyl groups is 1. The zero-order valence-corrected chi connectivity index (χ0v) is 10.9. The van der Waals surface area contributed by atoms with Gasteiger partial charge < -0.3 is 10.4 Å². The van der Waals surface area contributed by atoms with Crippen molar-refractivity contribution < 1.29 is 18.3 Å². The first-order chi connectivity index (χ1) is 8.86. The summed E-state index contributed by atoms with van der Waals surface area (Å²) in [5, 5.41) is 12.2. The minimum Gasteiger partial charge on any atom is -0.393 e. The van der Waals surface area contributed by atoms with Gasteiger partial charge in [-0.05, 0) is 43.9 Å². The molecule has 2 nitrogen and oxygen atoms in total. The molecule has 2 rings (SSSR count). The molecular formula is C13H15ClF3NO. The van der Waals surface area contributed by atoms with Crippen molar-refractivity contribution in [3.63, 3.8) is 0 Å². The molecule has 1 aromatic carbocycles. The molecule has 1 aromatic rings. The molecular weight excluding hydrogens is 279 g/mol.